The topological polar surface area (TPSA) is 53.4 Å². The molecule has 0 saturated carbocycles. The Balaban J connectivity index is 1.43. The van der Waals surface area contributed by atoms with Gasteiger partial charge in [-0.25, -0.2) is 8.78 Å². The fourth-order valence-electron chi connectivity index (χ4n) is 3.78. The van der Waals surface area contributed by atoms with Crippen LogP contribution in [0, 0.1) is 0 Å². The van der Waals surface area contributed by atoms with Crippen molar-refractivity contribution in [1.29, 1.82) is 0 Å². The maximum atomic E-state index is 13.4. The molecule has 0 aliphatic carbocycles. The standard InChI is InChI=1S/C17H23F2N5O/c18-17(19)9-15(20-12-17)16(25)23-6-3-7-24-14(11-23)8-13(21-24)10-22-4-1-2-5-22/h1-2,8,15,20H,3-7,9-12H2/t15-/m0/s1. The van der Waals surface area contributed by atoms with Crippen molar-refractivity contribution < 1.29 is 13.6 Å². The Kier molecular flexibility index (Phi) is 4.33. The number of fused-ring (bicyclic) bond motifs is 1. The van der Waals surface area contributed by atoms with E-state index < -0.39 is 24.9 Å². The van der Waals surface area contributed by atoms with Crippen molar-refractivity contribution in [2.24, 2.45) is 0 Å². The van der Waals surface area contributed by atoms with Crippen LogP contribution >= 0.6 is 0 Å². The average molecular weight is 351 g/mol. The summed E-state index contributed by atoms with van der Waals surface area (Å²) in [5.74, 6) is -3.01. The van der Waals surface area contributed by atoms with Crippen LogP contribution in [0.2, 0.25) is 0 Å². The summed E-state index contributed by atoms with van der Waals surface area (Å²) in [6.45, 7) is 4.03. The minimum atomic E-state index is -2.79. The van der Waals surface area contributed by atoms with Gasteiger partial charge >= 0.3 is 0 Å². The van der Waals surface area contributed by atoms with E-state index in [1.807, 2.05) is 10.7 Å². The second kappa shape index (κ2) is 6.49. The molecular formula is C17H23F2N5O. The van der Waals surface area contributed by atoms with E-state index in [9.17, 15) is 13.6 Å². The predicted molar refractivity (Wildman–Crippen MR) is 88.0 cm³/mol. The first-order chi connectivity index (χ1) is 12.0. The molecular weight excluding hydrogens is 328 g/mol. The van der Waals surface area contributed by atoms with Gasteiger partial charge in [-0.15, -0.1) is 0 Å². The second-order valence-corrected chi connectivity index (χ2v) is 7.12. The fourth-order valence-corrected chi connectivity index (χ4v) is 3.78. The molecule has 3 aliphatic rings. The molecule has 136 valence electrons. The summed E-state index contributed by atoms with van der Waals surface area (Å²) in [5, 5.41) is 7.33. The highest BCUT2D eigenvalue weighted by Crippen LogP contribution is 2.27. The first-order valence-electron chi connectivity index (χ1n) is 8.83. The molecule has 1 fully saturated rings. The lowest BCUT2D eigenvalue weighted by molar-refractivity contribution is -0.134. The summed E-state index contributed by atoms with van der Waals surface area (Å²) in [6, 6.07) is 1.26. The Hall–Kier alpha value is -1.80. The molecule has 0 unspecified atom stereocenters. The molecule has 1 aromatic rings. The molecule has 1 aromatic heterocycles. The Morgan fingerprint density at radius 2 is 2.12 bits per heavy atom. The van der Waals surface area contributed by atoms with Crippen molar-refractivity contribution in [1.82, 2.24) is 24.9 Å². The van der Waals surface area contributed by atoms with Crippen LogP contribution in [-0.2, 0) is 24.4 Å². The second-order valence-electron chi connectivity index (χ2n) is 7.12. The zero-order chi connectivity index (χ0) is 17.4. The smallest absolute Gasteiger partial charge is 0.262 e. The first-order valence-corrected chi connectivity index (χ1v) is 8.83. The lowest BCUT2D eigenvalue weighted by atomic mass is 10.1. The SMILES string of the molecule is O=C([C@@H]1CC(F)(F)CN1)N1CCCn2nc(CN3CC=CC3)cc2C1. The largest absolute Gasteiger partial charge is 0.335 e. The van der Waals surface area contributed by atoms with Crippen molar-refractivity contribution in [3.8, 4) is 0 Å². The van der Waals surface area contributed by atoms with Crippen LogP contribution in [0.25, 0.3) is 0 Å². The summed E-state index contributed by atoms with van der Waals surface area (Å²) >= 11 is 0. The van der Waals surface area contributed by atoms with Gasteiger partial charge in [0.05, 0.1) is 30.5 Å². The molecule has 1 amide bonds. The van der Waals surface area contributed by atoms with E-state index in [0.717, 1.165) is 44.0 Å². The van der Waals surface area contributed by atoms with Crippen LogP contribution in [0.1, 0.15) is 24.2 Å². The number of carbonyl (C=O) groups is 1. The molecule has 0 radical (unpaired) electrons. The molecule has 3 aliphatic heterocycles. The Morgan fingerprint density at radius 1 is 1.32 bits per heavy atom. The van der Waals surface area contributed by atoms with Gasteiger partial charge in [0.1, 0.15) is 0 Å². The van der Waals surface area contributed by atoms with E-state index in [4.69, 9.17) is 0 Å². The van der Waals surface area contributed by atoms with E-state index in [1.165, 1.54) is 0 Å². The summed E-state index contributed by atoms with van der Waals surface area (Å²) in [4.78, 5) is 16.6. The van der Waals surface area contributed by atoms with Crippen LogP contribution in [0.15, 0.2) is 18.2 Å². The molecule has 8 heteroatoms. The van der Waals surface area contributed by atoms with Crippen molar-refractivity contribution in [2.45, 2.75) is 44.4 Å². The third-order valence-electron chi connectivity index (χ3n) is 5.06. The third kappa shape index (κ3) is 3.59. The van der Waals surface area contributed by atoms with Crippen molar-refractivity contribution >= 4 is 5.91 Å². The number of amides is 1. The Morgan fingerprint density at radius 3 is 2.84 bits per heavy atom. The van der Waals surface area contributed by atoms with E-state index >= 15 is 0 Å². The lowest BCUT2D eigenvalue weighted by Gasteiger charge is -2.23. The number of carbonyl (C=O) groups excluding carboxylic acids is 1. The maximum Gasteiger partial charge on any atom is 0.262 e. The van der Waals surface area contributed by atoms with Gasteiger partial charge < -0.3 is 4.90 Å². The minimum Gasteiger partial charge on any atom is -0.335 e. The highest BCUT2D eigenvalue weighted by molar-refractivity contribution is 5.82. The number of halogens is 2. The molecule has 0 spiro atoms. The summed E-state index contributed by atoms with van der Waals surface area (Å²) < 4.78 is 28.7. The van der Waals surface area contributed by atoms with Crippen molar-refractivity contribution in [2.75, 3.05) is 26.2 Å². The number of alkyl halides is 2. The minimum absolute atomic E-state index is 0.225. The Bertz CT molecular complexity index is 679. The van der Waals surface area contributed by atoms with Gasteiger partial charge in [0.25, 0.3) is 5.92 Å². The molecule has 6 nitrogen and oxygen atoms in total. The highest BCUT2D eigenvalue weighted by Gasteiger charge is 2.43. The van der Waals surface area contributed by atoms with E-state index in [1.54, 1.807) is 4.90 Å². The highest BCUT2D eigenvalue weighted by atomic mass is 19.3. The number of rotatable bonds is 3. The van der Waals surface area contributed by atoms with Crippen molar-refractivity contribution in [3.63, 3.8) is 0 Å². The normalized spacial score (nSPS) is 26.0. The molecule has 4 rings (SSSR count). The number of nitrogens with zero attached hydrogens (tertiary/aromatic N) is 4. The van der Waals surface area contributed by atoms with Crippen molar-refractivity contribution in [3.05, 3.63) is 29.6 Å². The first kappa shape index (κ1) is 16.7. The zero-order valence-electron chi connectivity index (χ0n) is 14.1. The number of nitrogens with one attached hydrogen (secondary N) is 1. The average Bonchev–Trinajstić information content (AvgIpc) is 3.25. The molecule has 1 atom stereocenters. The van der Waals surface area contributed by atoms with Crippen LogP contribution < -0.4 is 5.32 Å². The summed E-state index contributed by atoms with van der Waals surface area (Å²) in [6.07, 6.45) is 4.67. The molecule has 0 bridgehead atoms. The van der Waals surface area contributed by atoms with Gasteiger partial charge in [-0.3, -0.25) is 19.7 Å². The van der Waals surface area contributed by atoms with Gasteiger partial charge in [-0.05, 0) is 12.5 Å². The van der Waals surface area contributed by atoms with Gasteiger partial charge in [-0.1, -0.05) is 12.2 Å². The lowest BCUT2D eigenvalue weighted by Crippen LogP contribution is -2.43. The quantitative estimate of drug-likeness (QED) is 0.825. The fraction of sp³-hybridized carbons (Fsp3) is 0.647. The number of hydrogen-bond donors (Lipinski definition) is 1. The van der Waals surface area contributed by atoms with Crippen LogP contribution in [0.3, 0.4) is 0 Å². The van der Waals surface area contributed by atoms with Gasteiger partial charge in [0.2, 0.25) is 5.91 Å². The predicted octanol–water partition coefficient (Wildman–Crippen LogP) is 0.984. The monoisotopic (exact) mass is 351 g/mol. The van der Waals surface area contributed by atoms with Crippen LogP contribution in [0.4, 0.5) is 8.78 Å². The van der Waals surface area contributed by atoms with Gasteiger partial charge in [-0.2, -0.15) is 5.10 Å². The Labute approximate surface area is 145 Å². The third-order valence-corrected chi connectivity index (χ3v) is 5.06. The van der Waals surface area contributed by atoms with E-state index in [0.29, 0.717) is 13.1 Å². The van der Waals surface area contributed by atoms with Gasteiger partial charge in [0, 0.05) is 39.1 Å². The molecule has 1 N–H and O–H groups in total. The van der Waals surface area contributed by atoms with Gasteiger partial charge in [0.15, 0.2) is 0 Å². The molecule has 1 saturated heterocycles. The molecule has 4 heterocycles. The van der Waals surface area contributed by atoms with E-state index in [2.05, 4.69) is 27.5 Å². The number of aryl methyl sites for hydroxylation is 1. The van der Waals surface area contributed by atoms with Crippen LogP contribution in [0.5, 0.6) is 0 Å². The molecule has 25 heavy (non-hydrogen) atoms. The zero-order valence-corrected chi connectivity index (χ0v) is 14.1. The van der Waals surface area contributed by atoms with Crippen LogP contribution in [-0.4, -0.2) is 63.6 Å². The molecule has 0 aromatic carbocycles. The maximum absolute atomic E-state index is 13.4. The number of hydrogen-bond acceptors (Lipinski definition) is 4. The number of aromatic nitrogens is 2. The summed E-state index contributed by atoms with van der Waals surface area (Å²) in [7, 11) is 0. The van der Waals surface area contributed by atoms with E-state index in [-0.39, 0.29) is 5.91 Å². The summed E-state index contributed by atoms with van der Waals surface area (Å²) in [5.41, 5.74) is 1.98.